The van der Waals surface area contributed by atoms with E-state index in [2.05, 4.69) is 18.1 Å². The van der Waals surface area contributed by atoms with E-state index in [4.69, 9.17) is 4.98 Å². The lowest BCUT2D eigenvalue weighted by Gasteiger charge is -2.21. The average Bonchev–Trinajstić information content (AvgIpc) is 2.79. The summed E-state index contributed by atoms with van der Waals surface area (Å²) in [6, 6.07) is 4.19. The van der Waals surface area contributed by atoms with Gasteiger partial charge in [-0.25, -0.2) is 9.50 Å². The SMILES string of the molecule is Cc1cc(C2CCCCC2)nc2ccnn12. The van der Waals surface area contributed by atoms with Crippen molar-refractivity contribution in [3.05, 3.63) is 29.7 Å². The Hall–Kier alpha value is -1.38. The molecule has 1 fully saturated rings. The second kappa shape index (κ2) is 3.89. The minimum Gasteiger partial charge on any atom is -0.233 e. The maximum atomic E-state index is 4.72. The van der Waals surface area contributed by atoms with Crippen LogP contribution < -0.4 is 0 Å². The molecule has 2 aromatic rings. The van der Waals surface area contributed by atoms with Gasteiger partial charge >= 0.3 is 0 Å². The molecule has 0 amide bonds. The molecule has 3 rings (SSSR count). The van der Waals surface area contributed by atoms with Crippen LogP contribution in [0.2, 0.25) is 0 Å². The van der Waals surface area contributed by atoms with Crippen molar-refractivity contribution in [3.63, 3.8) is 0 Å². The third-order valence-corrected chi connectivity index (χ3v) is 3.58. The van der Waals surface area contributed by atoms with Gasteiger partial charge in [0.25, 0.3) is 0 Å². The summed E-state index contributed by atoms with van der Waals surface area (Å²) in [5, 5.41) is 4.26. The highest BCUT2D eigenvalue weighted by Crippen LogP contribution is 2.31. The topological polar surface area (TPSA) is 30.2 Å². The summed E-state index contributed by atoms with van der Waals surface area (Å²) in [6.07, 6.45) is 8.53. The standard InChI is InChI=1S/C13H17N3/c1-10-9-12(11-5-3-2-4-6-11)15-13-7-8-14-16(10)13/h7-9,11H,2-6H2,1H3. The normalized spacial score (nSPS) is 18.1. The Labute approximate surface area is 95.5 Å². The van der Waals surface area contributed by atoms with E-state index in [-0.39, 0.29) is 0 Å². The molecule has 1 saturated carbocycles. The lowest BCUT2D eigenvalue weighted by Crippen LogP contribution is -2.08. The molecule has 0 atom stereocenters. The van der Waals surface area contributed by atoms with E-state index in [1.807, 2.05) is 16.8 Å². The molecule has 0 radical (unpaired) electrons. The molecule has 0 saturated heterocycles. The van der Waals surface area contributed by atoms with E-state index < -0.39 is 0 Å². The smallest absolute Gasteiger partial charge is 0.155 e. The van der Waals surface area contributed by atoms with Crippen molar-refractivity contribution in [1.29, 1.82) is 0 Å². The number of hydrogen-bond donors (Lipinski definition) is 0. The van der Waals surface area contributed by atoms with Crippen LogP contribution in [0.25, 0.3) is 5.65 Å². The third-order valence-electron chi connectivity index (χ3n) is 3.58. The van der Waals surface area contributed by atoms with E-state index in [0.29, 0.717) is 5.92 Å². The maximum absolute atomic E-state index is 4.72. The molecule has 2 aromatic heterocycles. The van der Waals surface area contributed by atoms with Crippen molar-refractivity contribution >= 4 is 5.65 Å². The Kier molecular flexibility index (Phi) is 2.39. The van der Waals surface area contributed by atoms with Gasteiger partial charge in [-0.1, -0.05) is 19.3 Å². The molecule has 0 bridgehead atoms. The number of rotatable bonds is 1. The minimum atomic E-state index is 0.673. The van der Waals surface area contributed by atoms with Gasteiger partial charge in [-0.15, -0.1) is 0 Å². The van der Waals surface area contributed by atoms with E-state index in [9.17, 15) is 0 Å². The fourth-order valence-electron chi connectivity index (χ4n) is 2.70. The van der Waals surface area contributed by atoms with Crippen molar-refractivity contribution in [1.82, 2.24) is 14.6 Å². The molecule has 2 heterocycles. The molecule has 16 heavy (non-hydrogen) atoms. The van der Waals surface area contributed by atoms with Crippen LogP contribution >= 0.6 is 0 Å². The monoisotopic (exact) mass is 215 g/mol. The molecule has 0 spiro atoms. The van der Waals surface area contributed by atoms with Gasteiger partial charge in [0.1, 0.15) is 0 Å². The lowest BCUT2D eigenvalue weighted by atomic mass is 9.86. The Bertz CT molecular complexity index is 495. The van der Waals surface area contributed by atoms with Crippen molar-refractivity contribution in [3.8, 4) is 0 Å². The molecule has 0 unspecified atom stereocenters. The largest absolute Gasteiger partial charge is 0.233 e. The predicted octanol–water partition coefficient (Wildman–Crippen LogP) is 3.09. The number of nitrogens with zero attached hydrogens (tertiary/aromatic N) is 3. The first kappa shape index (κ1) is 9.82. The van der Waals surface area contributed by atoms with E-state index in [1.165, 1.54) is 43.5 Å². The number of fused-ring (bicyclic) bond motifs is 1. The van der Waals surface area contributed by atoms with Crippen LogP contribution in [-0.4, -0.2) is 14.6 Å². The zero-order valence-corrected chi connectivity index (χ0v) is 9.69. The molecular weight excluding hydrogens is 198 g/mol. The average molecular weight is 215 g/mol. The van der Waals surface area contributed by atoms with Crippen LogP contribution in [0.5, 0.6) is 0 Å². The maximum Gasteiger partial charge on any atom is 0.155 e. The van der Waals surface area contributed by atoms with Gasteiger partial charge < -0.3 is 0 Å². The van der Waals surface area contributed by atoms with Crippen LogP contribution in [0, 0.1) is 6.92 Å². The molecular formula is C13H17N3. The summed E-state index contributed by atoms with van der Waals surface area (Å²) in [4.78, 5) is 4.72. The van der Waals surface area contributed by atoms with Crippen molar-refractivity contribution in [2.75, 3.05) is 0 Å². The van der Waals surface area contributed by atoms with Crippen LogP contribution in [-0.2, 0) is 0 Å². The van der Waals surface area contributed by atoms with Gasteiger partial charge in [-0.05, 0) is 25.8 Å². The highest BCUT2D eigenvalue weighted by molar-refractivity contribution is 5.39. The molecule has 3 nitrogen and oxygen atoms in total. The second-order valence-electron chi connectivity index (χ2n) is 4.76. The van der Waals surface area contributed by atoms with Gasteiger partial charge in [-0.2, -0.15) is 5.10 Å². The van der Waals surface area contributed by atoms with Gasteiger partial charge in [0.15, 0.2) is 5.65 Å². The van der Waals surface area contributed by atoms with Crippen molar-refractivity contribution in [2.45, 2.75) is 44.9 Å². The number of aromatic nitrogens is 3. The lowest BCUT2D eigenvalue weighted by molar-refractivity contribution is 0.436. The fraction of sp³-hybridized carbons (Fsp3) is 0.538. The first-order chi connectivity index (χ1) is 7.84. The summed E-state index contributed by atoms with van der Waals surface area (Å²) in [5.41, 5.74) is 3.45. The van der Waals surface area contributed by atoms with Crippen molar-refractivity contribution in [2.24, 2.45) is 0 Å². The molecule has 0 aromatic carbocycles. The third kappa shape index (κ3) is 1.60. The number of hydrogen-bond acceptors (Lipinski definition) is 2. The summed E-state index contributed by atoms with van der Waals surface area (Å²) in [5.74, 6) is 0.673. The first-order valence-electron chi connectivity index (χ1n) is 6.16. The van der Waals surface area contributed by atoms with E-state index in [1.54, 1.807) is 0 Å². The van der Waals surface area contributed by atoms with Crippen LogP contribution in [0.3, 0.4) is 0 Å². The highest BCUT2D eigenvalue weighted by atomic mass is 15.2. The molecule has 84 valence electrons. The van der Waals surface area contributed by atoms with Gasteiger partial charge in [0.05, 0.1) is 6.20 Å². The van der Waals surface area contributed by atoms with Crippen LogP contribution in [0.4, 0.5) is 0 Å². The molecule has 0 N–H and O–H groups in total. The minimum absolute atomic E-state index is 0.673. The van der Waals surface area contributed by atoms with Gasteiger partial charge in [-0.3, -0.25) is 0 Å². The van der Waals surface area contributed by atoms with E-state index >= 15 is 0 Å². The van der Waals surface area contributed by atoms with Crippen LogP contribution in [0.15, 0.2) is 18.3 Å². The summed E-state index contributed by atoms with van der Waals surface area (Å²) >= 11 is 0. The quantitative estimate of drug-likeness (QED) is 0.731. The highest BCUT2D eigenvalue weighted by Gasteiger charge is 2.17. The predicted molar refractivity (Wildman–Crippen MR) is 63.6 cm³/mol. The molecule has 3 heteroatoms. The zero-order valence-electron chi connectivity index (χ0n) is 9.69. The summed E-state index contributed by atoms with van der Waals surface area (Å²) in [6.45, 7) is 2.11. The Morgan fingerprint density at radius 2 is 2.06 bits per heavy atom. The molecule has 1 aliphatic rings. The van der Waals surface area contributed by atoms with Crippen LogP contribution in [0.1, 0.15) is 49.4 Å². The van der Waals surface area contributed by atoms with E-state index in [0.717, 1.165) is 5.65 Å². The molecule has 1 aliphatic carbocycles. The van der Waals surface area contributed by atoms with Crippen molar-refractivity contribution < 1.29 is 0 Å². The van der Waals surface area contributed by atoms with Gasteiger partial charge in [0, 0.05) is 23.4 Å². The second-order valence-corrected chi connectivity index (χ2v) is 4.76. The Balaban J connectivity index is 2.02. The Morgan fingerprint density at radius 3 is 2.88 bits per heavy atom. The zero-order chi connectivity index (χ0) is 11.0. The fourth-order valence-corrected chi connectivity index (χ4v) is 2.70. The molecule has 0 aliphatic heterocycles. The summed E-state index contributed by atoms with van der Waals surface area (Å²) < 4.78 is 1.91. The Morgan fingerprint density at radius 1 is 1.25 bits per heavy atom. The first-order valence-corrected chi connectivity index (χ1v) is 6.16. The number of aryl methyl sites for hydroxylation is 1. The van der Waals surface area contributed by atoms with Gasteiger partial charge in [0.2, 0.25) is 0 Å². The summed E-state index contributed by atoms with van der Waals surface area (Å²) in [7, 11) is 0.